The average molecular weight is 438 g/mol. The van der Waals surface area contributed by atoms with Crippen molar-refractivity contribution in [2.75, 3.05) is 26.6 Å². The van der Waals surface area contributed by atoms with Crippen LogP contribution in [-0.2, 0) is 9.53 Å². The Balaban J connectivity index is 1.88. The molecule has 6 nitrogen and oxygen atoms in total. The SMILES string of the molecule is COC(=O)c1c(NC(=O)C=Cc2ccc(OC)c(OC)c2)sc(C)c1-c1ccccc1. The Labute approximate surface area is 185 Å². The molecule has 0 unspecified atom stereocenters. The molecule has 0 radical (unpaired) electrons. The zero-order valence-corrected chi connectivity index (χ0v) is 18.5. The van der Waals surface area contributed by atoms with Crippen molar-refractivity contribution in [3.8, 4) is 22.6 Å². The number of amides is 1. The number of thiophene rings is 1. The Bertz CT molecular complexity index is 1120. The van der Waals surface area contributed by atoms with E-state index < -0.39 is 5.97 Å². The molecular formula is C24H23NO5S. The molecule has 1 N–H and O–H groups in total. The molecule has 0 saturated heterocycles. The Morgan fingerprint density at radius 1 is 0.968 bits per heavy atom. The quantitative estimate of drug-likeness (QED) is 0.407. The highest BCUT2D eigenvalue weighted by atomic mass is 32.1. The summed E-state index contributed by atoms with van der Waals surface area (Å²) in [5, 5.41) is 3.26. The fourth-order valence-corrected chi connectivity index (χ4v) is 4.23. The van der Waals surface area contributed by atoms with Gasteiger partial charge in [-0.05, 0) is 36.3 Å². The standard InChI is InChI=1S/C24H23NO5S/c1-15-21(17-8-6-5-7-9-17)22(24(27)30-4)23(31-15)25-20(26)13-11-16-10-12-18(28-2)19(14-16)29-3/h5-14H,1-4H3,(H,25,26). The third kappa shape index (κ3) is 4.95. The number of carbonyl (C=O) groups excluding carboxylic acids is 2. The number of benzene rings is 2. The normalized spacial score (nSPS) is 10.7. The number of methoxy groups -OCH3 is 3. The molecule has 0 bridgehead atoms. The van der Waals surface area contributed by atoms with E-state index in [0.717, 1.165) is 21.6 Å². The van der Waals surface area contributed by atoms with Crippen molar-refractivity contribution in [3.05, 3.63) is 70.6 Å². The number of esters is 1. The van der Waals surface area contributed by atoms with Crippen LogP contribution in [0.1, 0.15) is 20.8 Å². The minimum atomic E-state index is -0.498. The van der Waals surface area contributed by atoms with E-state index >= 15 is 0 Å². The van der Waals surface area contributed by atoms with E-state index in [1.165, 1.54) is 24.5 Å². The summed E-state index contributed by atoms with van der Waals surface area (Å²) < 4.78 is 15.5. The van der Waals surface area contributed by atoms with Gasteiger partial charge in [0, 0.05) is 16.5 Å². The second kappa shape index (κ2) is 9.95. The maximum Gasteiger partial charge on any atom is 0.341 e. The van der Waals surface area contributed by atoms with Gasteiger partial charge in [-0.15, -0.1) is 11.3 Å². The summed E-state index contributed by atoms with van der Waals surface area (Å²) in [6.45, 7) is 1.91. The molecule has 1 amide bonds. The molecular weight excluding hydrogens is 414 g/mol. The van der Waals surface area contributed by atoms with Crippen molar-refractivity contribution < 1.29 is 23.8 Å². The molecule has 0 fully saturated rings. The van der Waals surface area contributed by atoms with Gasteiger partial charge in [0.2, 0.25) is 5.91 Å². The van der Waals surface area contributed by atoms with Crippen molar-refractivity contribution in [1.29, 1.82) is 0 Å². The molecule has 160 valence electrons. The predicted octanol–water partition coefficient (Wildman–Crippen LogP) is 5.18. The number of hydrogen-bond donors (Lipinski definition) is 1. The van der Waals surface area contributed by atoms with Gasteiger partial charge in [0.05, 0.1) is 21.3 Å². The molecule has 7 heteroatoms. The van der Waals surface area contributed by atoms with Gasteiger partial charge in [0.15, 0.2) is 11.5 Å². The molecule has 3 aromatic rings. The molecule has 31 heavy (non-hydrogen) atoms. The van der Waals surface area contributed by atoms with Crippen LogP contribution in [0.15, 0.2) is 54.6 Å². The molecule has 2 aromatic carbocycles. The van der Waals surface area contributed by atoms with Crippen molar-refractivity contribution in [2.45, 2.75) is 6.92 Å². The lowest BCUT2D eigenvalue weighted by Gasteiger charge is -2.08. The lowest BCUT2D eigenvalue weighted by Crippen LogP contribution is -2.11. The minimum absolute atomic E-state index is 0.351. The highest BCUT2D eigenvalue weighted by Gasteiger charge is 2.24. The largest absolute Gasteiger partial charge is 0.493 e. The molecule has 0 aliphatic carbocycles. The molecule has 1 aromatic heterocycles. The molecule has 0 aliphatic heterocycles. The number of carbonyl (C=O) groups is 2. The number of anilines is 1. The molecule has 3 rings (SSSR count). The van der Waals surface area contributed by atoms with Crippen LogP contribution in [0.5, 0.6) is 11.5 Å². The Morgan fingerprint density at radius 3 is 2.32 bits per heavy atom. The first-order chi connectivity index (χ1) is 15.0. The van der Waals surface area contributed by atoms with E-state index in [0.29, 0.717) is 22.1 Å². The molecule has 0 spiro atoms. The monoisotopic (exact) mass is 437 g/mol. The van der Waals surface area contributed by atoms with Gasteiger partial charge in [-0.25, -0.2) is 4.79 Å². The van der Waals surface area contributed by atoms with Crippen molar-refractivity contribution >= 4 is 34.3 Å². The maximum absolute atomic E-state index is 12.6. The summed E-state index contributed by atoms with van der Waals surface area (Å²) in [7, 11) is 4.44. The van der Waals surface area contributed by atoms with Gasteiger partial charge in [0.1, 0.15) is 10.6 Å². The average Bonchev–Trinajstić information content (AvgIpc) is 3.12. The van der Waals surface area contributed by atoms with Crippen molar-refractivity contribution in [2.24, 2.45) is 0 Å². The zero-order valence-electron chi connectivity index (χ0n) is 17.7. The van der Waals surface area contributed by atoms with Crippen LogP contribution in [0.2, 0.25) is 0 Å². The number of aryl methyl sites for hydroxylation is 1. The number of ether oxygens (including phenoxy) is 3. The lowest BCUT2D eigenvalue weighted by molar-refractivity contribution is -0.111. The zero-order chi connectivity index (χ0) is 22.4. The summed E-state index contributed by atoms with van der Waals surface area (Å²) >= 11 is 1.34. The highest BCUT2D eigenvalue weighted by molar-refractivity contribution is 7.17. The van der Waals surface area contributed by atoms with E-state index in [4.69, 9.17) is 14.2 Å². The predicted molar refractivity (Wildman–Crippen MR) is 123 cm³/mol. The fraction of sp³-hybridized carbons (Fsp3) is 0.167. The smallest absolute Gasteiger partial charge is 0.341 e. The third-order valence-electron chi connectivity index (χ3n) is 4.61. The first kappa shape index (κ1) is 22.1. The molecule has 1 heterocycles. The highest BCUT2D eigenvalue weighted by Crippen LogP contribution is 2.40. The van der Waals surface area contributed by atoms with Crippen LogP contribution in [0.4, 0.5) is 5.00 Å². The first-order valence-electron chi connectivity index (χ1n) is 9.46. The van der Waals surface area contributed by atoms with Crippen LogP contribution in [-0.4, -0.2) is 33.2 Å². The Morgan fingerprint density at radius 2 is 1.68 bits per heavy atom. The van der Waals surface area contributed by atoms with Gasteiger partial charge in [-0.1, -0.05) is 36.4 Å². The van der Waals surface area contributed by atoms with E-state index in [1.54, 1.807) is 32.4 Å². The van der Waals surface area contributed by atoms with E-state index in [1.807, 2.05) is 43.3 Å². The number of hydrogen-bond acceptors (Lipinski definition) is 6. The fourth-order valence-electron chi connectivity index (χ4n) is 3.16. The lowest BCUT2D eigenvalue weighted by atomic mass is 10.0. The van der Waals surface area contributed by atoms with Gasteiger partial charge < -0.3 is 19.5 Å². The van der Waals surface area contributed by atoms with Gasteiger partial charge in [-0.3, -0.25) is 4.79 Å². The number of rotatable bonds is 7. The second-order valence-corrected chi connectivity index (χ2v) is 7.76. The summed E-state index contributed by atoms with van der Waals surface area (Å²) in [6.07, 6.45) is 3.06. The third-order valence-corrected chi connectivity index (χ3v) is 5.63. The summed E-state index contributed by atoms with van der Waals surface area (Å²) in [6, 6.07) is 14.9. The van der Waals surface area contributed by atoms with Crippen molar-refractivity contribution in [1.82, 2.24) is 0 Å². The van der Waals surface area contributed by atoms with Crippen LogP contribution in [0, 0.1) is 6.92 Å². The number of nitrogens with one attached hydrogen (secondary N) is 1. The van der Waals surface area contributed by atoms with Gasteiger partial charge in [-0.2, -0.15) is 0 Å². The van der Waals surface area contributed by atoms with Gasteiger partial charge in [0.25, 0.3) is 0 Å². The van der Waals surface area contributed by atoms with Crippen molar-refractivity contribution in [3.63, 3.8) is 0 Å². The topological polar surface area (TPSA) is 73.9 Å². The summed E-state index contributed by atoms with van der Waals surface area (Å²) in [5.74, 6) is 0.317. The van der Waals surface area contributed by atoms with Crippen LogP contribution < -0.4 is 14.8 Å². The van der Waals surface area contributed by atoms with Gasteiger partial charge >= 0.3 is 5.97 Å². The Hall–Kier alpha value is -3.58. The van der Waals surface area contributed by atoms with E-state index in [-0.39, 0.29) is 5.91 Å². The second-order valence-electron chi connectivity index (χ2n) is 6.53. The van der Waals surface area contributed by atoms with E-state index in [9.17, 15) is 9.59 Å². The van der Waals surface area contributed by atoms with Crippen LogP contribution in [0.3, 0.4) is 0 Å². The molecule has 0 atom stereocenters. The first-order valence-corrected chi connectivity index (χ1v) is 10.3. The summed E-state index contributed by atoms with van der Waals surface area (Å²) in [5.41, 5.74) is 2.77. The minimum Gasteiger partial charge on any atom is -0.493 e. The van der Waals surface area contributed by atoms with E-state index in [2.05, 4.69) is 5.32 Å². The maximum atomic E-state index is 12.6. The van der Waals surface area contributed by atoms with Crippen LogP contribution >= 0.6 is 11.3 Å². The Kier molecular flexibility index (Phi) is 7.10. The molecule has 0 saturated carbocycles. The van der Waals surface area contributed by atoms with Crippen LogP contribution in [0.25, 0.3) is 17.2 Å². The summed E-state index contributed by atoms with van der Waals surface area (Å²) in [4.78, 5) is 26.0. The molecule has 0 aliphatic rings.